The van der Waals surface area contributed by atoms with E-state index in [0.29, 0.717) is 19.3 Å². The molecule has 0 aromatic rings. The van der Waals surface area contributed by atoms with Crippen LogP contribution in [0.5, 0.6) is 0 Å². The molecule has 1 heterocycles. The number of nitrogens with one attached hydrogen (secondary N) is 1. The van der Waals surface area contributed by atoms with Gasteiger partial charge in [-0.25, -0.2) is 0 Å². The molecule has 0 spiro atoms. The Bertz CT molecular complexity index is 1280. The molecule has 1 fully saturated rings. The van der Waals surface area contributed by atoms with Crippen LogP contribution >= 0.6 is 0 Å². The molecule has 1 saturated heterocycles. The minimum absolute atomic E-state index is 0.129. The zero-order chi connectivity index (χ0) is 53.3. The van der Waals surface area contributed by atoms with Gasteiger partial charge >= 0.3 is 5.97 Å². The first-order chi connectivity index (χ1) is 35.7. The minimum Gasteiger partial charge on any atom is -0.454 e. The molecule has 0 radical (unpaired) electrons. The zero-order valence-corrected chi connectivity index (χ0v) is 47.5. The number of esters is 1. The summed E-state index contributed by atoms with van der Waals surface area (Å²) < 4.78 is 17.6. The van der Waals surface area contributed by atoms with Crippen LogP contribution in [0, 0.1) is 0 Å². The molecule has 1 aliphatic heterocycles. The molecule has 1 aliphatic rings. The summed E-state index contributed by atoms with van der Waals surface area (Å²) in [6, 6.07) is -1.02. The lowest BCUT2D eigenvalue weighted by Gasteiger charge is -2.41. The van der Waals surface area contributed by atoms with Crippen molar-refractivity contribution in [3.63, 3.8) is 0 Å². The summed E-state index contributed by atoms with van der Waals surface area (Å²) in [6.45, 7) is 5.79. The van der Waals surface area contributed by atoms with Gasteiger partial charge in [0, 0.05) is 6.42 Å². The fourth-order valence-electron chi connectivity index (χ4n) is 9.88. The molecule has 0 aromatic heterocycles. The lowest BCUT2D eigenvalue weighted by molar-refractivity contribution is -0.305. The molecule has 430 valence electrons. The molecule has 0 bridgehead atoms. The topological polar surface area (TPSA) is 175 Å². The van der Waals surface area contributed by atoms with Gasteiger partial charge in [-0.2, -0.15) is 0 Å². The maximum Gasteiger partial charge on any atom is 0.306 e. The predicted molar refractivity (Wildman–Crippen MR) is 301 cm³/mol. The van der Waals surface area contributed by atoms with Crippen LogP contribution in [-0.4, -0.2) is 99.6 Å². The van der Waals surface area contributed by atoms with E-state index in [-0.39, 0.29) is 13.0 Å². The van der Waals surface area contributed by atoms with Crippen LogP contribution in [0.1, 0.15) is 297 Å². The number of allylic oxidation sites excluding steroid dienone is 3. The third-order valence-corrected chi connectivity index (χ3v) is 14.9. The van der Waals surface area contributed by atoms with Gasteiger partial charge < -0.3 is 45.1 Å². The number of amides is 1. The van der Waals surface area contributed by atoms with Crippen molar-refractivity contribution >= 4 is 11.9 Å². The summed E-state index contributed by atoms with van der Waals surface area (Å²) >= 11 is 0. The molecule has 1 rings (SSSR count). The van der Waals surface area contributed by atoms with Gasteiger partial charge in [-0.15, -0.1) is 0 Å². The standard InChI is InChI=1S/C62H117NO10/c1-4-7-10-13-16-19-22-24-25-26-27-28-29-30-32-34-37-40-43-46-49-55(66)61(70)63-53(54(65)48-45-42-39-36-33-21-18-15-12-9-6-3)52-71-62-60(59(69)58(68)56(51-64)72-62)73-57(67)50-47-44-41-38-35-31-23-20-17-14-11-8-5-2/h24-25,45,48,53-56,58-60,62,64-66,68-69H,4-23,26-44,46-47,49-52H2,1-3H3,(H,63,70)/b25-24+,48-45+. The Hall–Kier alpha value is -1.86. The smallest absolute Gasteiger partial charge is 0.306 e. The van der Waals surface area contributed by atoms with E-state index < -0.39 is 67.4 Å². The molecule has 73 heavy (non-hydrogen) atoms. The molecule has 0 aromatic carbocycles. The van der Waals surface area contributed by atoms with Crippen molar-refractivity contribution in [2.45, 2.75) is 346 Å². The highest BCUT2D eigenvalue weighted by molar-refractivity contribution is 5.80. The van der Waals surface area contributed by atoms with E-state index in [1.807, 2.05) is 6.08 Å². The van der Waals surface area contributed by atoms with Crippen LogP contribution in [0.4, 0.5) is 0 Å². The van der Waals surface area contributed by atoms with Gasteiger partial charge in [0.25, 0.3) is 0 Å². The molecule has 0 saturated carbocycles. The van der Waals surface area contributed by atoms with Gasteiger partial charge in [0.15, 0.2) is 12.4 Å². The van der Waals surface area contributed by atoms with Gasteiger partial charge in [-0.05, 0) is 51.4 Å². The van der Waals surface area contributed by atoms with Gasteiger partial charge in [0.2, 0.25) is 5.91 Å². The molecule has 11 nitrogen and oxygen atoms in total. The van der Waals surface area contributed by atoms with Crippen molar-refractivity contribution in [3.8, 4) is 0 Å². The maximum atomic E-state index is 13.4. The Morgan fingerprint density at radius 1 is 0.521 bits per heavy atom. The Labute approximate surface area is 448 Å². The third-order valence-electron chi connectivity index (χ3n) is 14.9. The highest BCUT2D eigenvalue weighted by atomic mass is 16.7. The predicted octanol–water partition coefficient (Wildman–Crippen LogP) is 14.5. The first-order valence-corrected chi connectivity index (χ1v) is 31.1. The van der Waals surface area contributed by atoms with E-state index in [1.165, 1.54) is 193 Å². The van der Waals surface area contributed by atoms with Gasteiger partial charge in [-0.1, -0.05) is 263 Å². The molecule has 8 unspecified atom stereocenters. The number of carbonyl (C=O) groups is 2. The summed E-state index contributed by atoms with van der Waals surface area (Å²) in [5, 5.41) is 56.9. The van der Waals surface area contributed by atoms with Gasteiger partial charge in [0.1, 0.15) is 24.4 Å². The SMILES string of the molecule is CCCCCCCC/C=C/CCCCCCCCCCCCC(O)C(=O)NC(COC1OC(CO)C(O)C(O)C1OC(=O)CCCCCCCCCCCCCCC)C(O)/C=C/CCCCCCCCCCC. The second-order valence-electron chi connectivity index (χ2n) is 21.8. The average molecular weight is 1040 g/mol. The number of rotatable bonds is 53. The largest absolute Gasteiger partial charge is 0.454 e. The second-order valence-corrected chi connectivity index (χ2v) is 21.8. The zero-order valence-electron chi connectivity index (χ0n) is 47.5. The fraction of sp³-hybridized carbons (Fsp3) is 0.903. The van der Waals surface area contributed by atoms with Crippen molar-refractivity contribution in [1.82, 2.24) is 5.32 Å². The number of aliphatic hydroxyl groups is 5. The maximum absolute atomic E-state index is 13.4. The number of hydrogen-bond donors (Lipinski definition) is 6. The number of carbonyl (C=O) groups excluding carboxylic acids is 2. The summed E-state index contributed by atoms with van der Waals surface area (Å²) in [4.78, 5) is 26.5. The summed E-state index contributed by atoms with van der Waals surface area (Å²) in [6.07, 6.45) is 47.9. The average Bonchev–Trinajstić information content (AvgIpc) is 3.39. The van der Waals surface area contributed by atoms with Crippen LogP contribution < -0.4 is 5.32 Å². The number of unbranched alkanes of at least 4 members (excludes halogenated alkanes) is 37. The van der Waals surface area contributed by atoms with Crippen LogP contribution in [0.25, 0.3) is 0 Å². The van der Waals surface area contributed by atoms with Crippen molar-refractivity contribution in [2.24, 2.45) is 0 Å². The van der Waals surface area contributed by atoms with E-state index in [2.05, 4.69) is 38.2 Å². The highest BCUT2D eigenvalue weighted by Gasteiger charge is 2.47. The Balaban J connectivity index is 2.64. The van der Waals surface area contributed by atoms with Crippen molar-refractivity contribution < 1.29 is 49.3 Å². The minimum atomic E-state index is -1.61. The van der Waals surface area contributed by atoms with Gasteiger partial charge in [-0.3, -0.25) is 9.59 Å². The Morgan fingerprint density at radius 3 is 1.33 bits per heavy atom. The lowest BCUT2D eigenvalue weighted by atomic mass is 9.99. The number of hydrogen-bond acceptors (Lipinski definition) is 10. The van der Waals surface area contributed by atoms with Crippen LogP contribution in [0.3, 0.4) is 0 Å². The second kappa shape index (κ2) is 50.9. The molecule has 6 N–H and O–H groups in total. The fourth-order valence-corrected chi connectivity index (χ4v) is 9.88. The molecule has 1 amide bonds. The Morgan fingerprint density at radius 2 is 0.904 bits per heavy atom. The summed E-state index contributed by atoms with van der Waals surface area (Å²) in [7, 11) is 0. The molecule has 0 aliphatic carbocycles. The van der Waals surface area contributed by atoms with E-state index >= 15 is 0 Å². The first kappa shape index (κ1) is 69.2. The van der Waals surface area contributed by atoms with E-state index in [9.17, 15) is 35.1 Å². The lowest BCUT2D eigenvalue weighted by Crippen LogP contribution is -2.61. The molecule has 11 heteroatoms. The number of aliphatic hydroxyl groups excluding tert-OH is 5. The van der Waals surface area contributed by atoms with Crippen LogP contribution in [0.2, 0.25) is 0 Å². The normalized spacial score (nSPS) is 19.5. The van der Waals surface area contributed by atoms with E-state index in [0.717, 1.165) is 57.8 Å². The molecule has 8 atom stereocenters. The molecular weight excluding hydrogens is 919 g/mol. The monoisotopic (exact) mass is 1040 g/mol. The third kappa shape index (κ3) is 39.2. The van der Waals surface area contributed by atoms with Crippen molar-refractivity contribution in [3.05, 3.63) is 24.3 Å². The van der Waals surface area contributed by atoms with Crippen molar-refractivity contribution in [2.75, 3.05) is 13.2 Å². The van der Waals surface area contributed by atoms with Gasteiger partial charge in [0.05, 0.1) is 25.4 Å². The number of ether oxygens (including phenoxy) is 3. The highest BCUT2D eigenvalue weighted by Crippen LogP contribution is 2.26. The van der Waals surface area contributed by atoms with Crippen LogP contribution in [0.15, 0.2) is 24.3 Å². The van der Waals surface area contributed by atoms with Crippen LogP contribution in [-0.2, 0) is 23.8 Å². The van der Waals surface area contributed by atoms with E-state index in [1.54, 1.807) is 6.08 Å². The van der Waals surface area contributed by atoms with E-state index in [4.69, 9.17) is 14.2 Å². The molecular formula is C62H117NO10. The summed E-state index contributed by atoms with van der Waals surface area (Å²) in [5.74, 6) is -1.18. The Kier molecular flexibility index (Phi) is 48.2. The quantitative estimate of drug-likeness (QED) is 0.0195. The summed E-state index contributed by atoms with van der Waals surface area (Å²) in [5.41, 5.74) is 0. The van der Waals surface area contributed by atoms with Crippen molar-refractivity contribution in [1.29, 1.82) is 0 Å². The first-order valence-electron chi connectivity index (χ1n) is 31.1.